The van der Waals surface area contributed by atoms with E-state index in [0.29, 0.717) is 0 Å². The second-order valence-electron chi connectivity index (χ2n) is 4.78. The van der Waals surface area contributed by atoms with Gasteiger partial charge in [0.1, 0.15) is 4.99 Å². The van der Waals surface area contributed by atoms with Crippen LogP contribution in [-0.4, -0.2) is 4.99 Å². The molecule has 0 saturated heterocycles. The molecule has 0 atom stereocenters. The van der Waals surface area contributed by atoms with E-state index in [1.54, 1.807) is 0 Å². The number of anilines is 1. The third-order valence-corrected chi connectivity index (χ3v) is 4.03. The highest BCUT2D eigenvalue weighted by Gasteiger charge is 2.20. The lowest BCUT2D eigenvalue weighted by atomic mass is 9.95. The zero-order chi connectivity index (χ0) is 12.3. The van der Waals surface area contributed by atoms with Gasteiger partial charge < -0.3 is 5.32 Å². The Bertz CT molecular complexity index is 833. The van der Waals surface area contributed by atoms with Crippen LogP contribution in [0.1, 0.15) is 11.1 Å². The fourth-order valence-electron chi connectivity index (χ4n) is 2.88. The second-order valence-corrected chi connectivity index (χ2v) is 5.19. The maximum Gasteiger partial charge on any atom is 0.111 e. The number of thiocarbonyl (C=S) groups is 1. The Hall–Kier alpha value is -1.93. The predicted molar refractivity (Wildman–Crippen MR) is 81.5 cm³/mol. The average molecular weight is 249 g/mol. The van der Waals surface area contributed by atoms with Crippen molar-refractivity contribution >= 4 is 44.4 Å². The van der Waals surface area contributed by atoms with Gasteiger partial charge in [-0.15, -0.1) is 0 Å². The van der Waals surface area contributed by atoms with Gasteiger partial charge in [0.25, 0.3) is 0 Å². The van der Waals surface area contributed by atoms with Gasteiger partial charge in [0.05, 0.1) is 0 Å². The van der Waals surface area contributed by atoms with Gasteiger partial charge in [0, 0.05) is 16.6 Å². The van der Waals surface area contributed by atoms with Crippen molar-refractivity contribution in [3.8, 4) is 0 Å². The molecule has 0 amide bonds. The lowest BCUT2D eigenvalue weighted by Gasteiger charge is -2.08. The van der Waals surface area contributed by atoms with Gasteiger partial charge in [-0.3, -0.25) is 0 Å². The van der Waals surface area contributed by atoms with E-state index >= 15 is 0 Å². The summed E-state index contributed by atoms with van der Waals surface area (Å²) in [6, 6.07) is 15.0. The highest BCUT2D eigenvalue weighted by atomic mass is 32.1. The van der Waals surface area contributed by atoms with Crippen LogP contribution in [0.15, 0.2) is 42.5 Å². The van der Waals surface area contributed by atoms with E-state index in [2.05, 4.69) is 54.7 Å². The minimum atomic E-state index is 0.839. The highest BCUT2D eigenvalue weighted by molar-refractivity contribution is 7.81. The average Bonchev–Trinajstić information content (AvgIpc) is 2.70. The molecule has 1 N–H and O–H groups in total. The number of fused-ring (bicyclic) bond motifs is 2. The Balaban J connectivity index is 2.39. The van der Waals surface area contributed by atoms with Crippen LogP contribution in [0.5, 0.6) is 0 Å². The highest BCUT2D eigenvalue weighted by Crippen LogP contribution is 2.39. The number of hydrogen-bond donors (Lipinski definition) is 1. The molecule has 1 aliphatic rings. The van der Waals surface area contributed by atoms with Crippen LogP contribution in [0, 0.1) is 6.92 Å². The van der Waals surface area contributed by atoms with Crippen LogP contribution in [0.25, 0.3) is 21.5 Å². The summed E-state index contributed by atoms with van der Waals surface area (Å²) in [4.78, 5) is 0.839. The first-order valence-corrected chi connectivity index (χ1v) is 6.43. The normalized spacial score (nSPS) is 13.3. The van der Waals surface area contributed by atoms with Gasteiger partial charge in [0.15, 0.2) is 0 Å². The van der Waals surface area contributed by atoms with Gasteiger partial charge in [-0.25, -0.2) is 0 Å². The Labute approximate surface area is 110 Å². The van der Waals surface area contributed by atoms with Crippen molar-refractivity contribution in [1.29, 1.82) is 0 Å². The maximum absolute atomic E-state index is 5.43. The molecular weight excluding hydrogens is 238 g/mol. The third-order valence-electron chi connectivity index (χ3n) is 3.71. The summed E-state index contributed by atoms with van der Waals surface area (Å²) in [5.74, 6) is 0. The standard InChI is InChI=1S/C16H11NS/c1-9-6-7-13-15-12(16(18)17-13)8-10-4-2-3-5-11(10)14(9)15/h2-8H,1H3,(H,17,18). The summed E-state index contributed by atoms with van der Waals surface area (Å²) < 4.78 is 0. The molecule has 2 heteroatoms. The number of benzene rings is 3. The molecular formula is C16H11NS. The minimum Gasteiger partial charge on any atom is -0.346 e. The smallest absolute Gasteiger partial charge is 0.111 e. The van der Waals surface area contributed by atoms with Crippen LogP contribution in [0.4, 0.5) is 5.69 Å². The van der Waals surface area contributed by atoms with Gasteiger partial charge in [-0.1, -0.05) is 42.5 Å². The first-order chi connectivity index (χ1) is 8.75. The van der Waals surface area contributed by atoms with Crippen LogP contribution >= 0.6 is 12.2 Å². The molecule has 0 bridgehead atoms. The summed E-state index contributed by atoms with van der Waals surface area (Å²) in [7, 11) is 0. The van der Waals surface area contributed by atoms with Crippen molar-refractivity contribution < 1.29 is 0 Å². The van der Waals surface area contributed by atoms with Gasteiger partial charge in [-0.05, 0) is 40.8 Å². The second kappa shape index (κ2) is 3.30. The molecule has 1 nitrogen and oxygen atoms in total. The minimum absolute atomic E-state index is 0.839. The van der Waals surface area contributed by atoms with Gasteiger partial charge in [0.2, 0.25) is 0 Å². The fourth-order valence-corrected chi connectivity index (χ4v) is 3.16. The number of aryl methyl sites for hydroxylation is 1. The molecule has 0 aromatic heterocycles. The van der Waals surface area contributed by atoms with E-state index in [4.69, 9.17) is 12.2 Å². The molecule has 0 unspecified atom stereocenters. The summed E-state index contributed by atoms with van der Waals surface area (Å²) in [6.07, 6.45) is 0. The van der Waals surface area contributed by atoms with Crippen LogP contribution < -0.4 is 5.32 Å². The zero-order valence-corrected chi connectivity index (χ0v) is 10.8. The van der Waals surface area contributed by atoms with Crippen molar-refractivity contribution in [2.24, 2.45) is 0 Å². The van der Waals surface area contributed by atoms with Gasteiger partial charge in [-0.2, -0.15) is 0 Å². The van der Waals surface area contributed by atoms with Crippen molar-refractivity contribution in [2.75, 3.05) is 5.32 Å². The number of rotatable bonds is 0. The fraction of sp³-hybridized carbons (Fsp3) is 0.0625. The van der Waals surface area contributed by atoms with Gasteiger partial charge >= 0.3 is 0 Å². The topological polar surface area (TPSA) is 12.0 Å². The Kier molecular flexibility index (Phi) is 1.84. The molecule has 4 rings (SSSR count). The van der Waals surface area contributed by atoms with Crippen LogP contribution in [-0.2, 0) is 0 Å². The molecule has 0 spiro atoms. The molecule has 0 aliphatic carbocycles. The SMILES string of the molecule is Cc1ccc2c3c(cc4ccccc4c13)C(=S)N2. The predicted octanol–water partition coefficient (Wildman–Crippen LogP) is 4.40. The molecule has 18 heavy (non-hydrogen) atoms. The molecule has 3 aromatic rings. The van der Waals surface area contributed by atoms with E-state index in [-0.39, 0.29) is 0 Å². The Morgan fingerprint density at radius 3 is 2.72 bits per heavy atom. The molecule has 0 saturated carbocycles. The number of hydrogen-bond acceptors (Lipinski definition) is 1. The summed E-state index contributed by atoms with van der Waals surface area (Å²) >= 11 is 5.43. The molecule has 0 fully saturated rings. The zero-order valence-electron chi connectivity index (χ0n) is 9.95. The number of nitrogens with one attached hydrogen (secondary N) is 1. The molecule has 3 aromatic carbocycles. The summed E-state index contributed by atoms with van der Waals surface area (Å²) in [6.45, 7) is 2.16. The van der Waals surface area contributed by atoms with E-state index < -0.39 is 0 Å². The van der Waals surface area contributed by atoms with Crippen molar-refractivity contribution in [3.63, 3.8) is 0 Å². The lowest BCUT2D eigenvalue weighted by molar-refractivity contribution is 1.54. The maximum atomic E-state index is 5.43. The monoisotopic (exact) mass is 249 g/mol. The largest absolute Gasteiger partial charge is 0.346 e. The third kappa shape index (κ3) is 1.13. The van der Waals surface area contributed by atoms with Crippen LogP contribution in [0.3, 0.4) is 0 Å². The Morgan fingerprint density at radius 1 is 1.00 bits per heavy atom. The van der Waals surface area contributed by atoms with Crippen molar-refractivity contribution in [3.05, 3.63) is 53.6 Å². The van der Waals surface area contributed by atoms with E-state index in [1.165, 1.54) is 27.1 Å². The molecule has 1 heterocycles. The molecule has 1 aliphatic heterocycles. The molecule has 0 radical (unpaired) electrons. The lowest BCUT2D eigenvalue weighted by Crippen LogP contribution is -2.02. The summed E-state index contributed by atoms with van der Waals surface area (Å²) in [5.41, 5.74) is 3.61. The van der Waals surface area contributed by atoms with Crippen molar-refractivity contribution in [1.82, 2.24) is 0 Å². The first-order valence-electron chi connectivity index (χ1n) is 6.02. The van der Waals surface area contributed by atoms with Crippen molar-refractivity contribution in [2.45, 2.75) is 6.92 Å². The first kappa shape index (κ1) is 10.0. The van der Waals surface area contributed by atoms with E-state index in [0.717, 1.165) is 16.2 Å². The van der Waals surface area contributed by atoms with Crippen LogP contribution in [0.2, 0.25) is 0 Å². The Morgan fingerprint density at radius 2 is 1.83 bits per heavy atom. The van der Waals surface area contributed by atoms with E-state index in [9.17, 15) is 0 Å². The quantitative estimate of drug-likeness (QED) is 0.468. The molecule has 86 valence electrons. The summed E-state index contributed by atoms with van der Waals surface area (Å²) in [5, 5.41) is 8.47. The van der Waals surface area contributed by atoms with E-state index in [1.807, 2.05) is 0 Å².